The van der Waals surface area contributed by atoms with Crippen LogP contribution in [-0.2, 0) is 4.79 Å². The molecule has 0 fully saturated rings. The van der Waals surface area contributed by atoms with Crippen molar-refractivity contribution in [2.24, 2.45) is 22.2 Å². The van der Waals surface area contributed by atoms with Crippen LogP contribution >= 0.6 is 0 Å². The fraction of sp³-hybridized carbons (Fsp3) is 0.320. The summed E-state index contributed by atoms with van der Waals surface area (Å²) < 4.78 is 27.2. The molecule has 1 heterocycles. The minimum absolute atomic E-state index is 0.160. The molecule has 12 heteroatoms. The van der Waals surface area contributed by atoms with Gasteiger partial charge in [-0.05, 0) is 37.6 Å². The maximum Gasteiger partial charge on any atom is 0.224 e. The SMILES string of the molecule is COc1cc(N=C(N)N)c(-c2conc2-c2cc(OC)c(OC)c(OC)c2)cc1NC(=O)CCCCN. The molecular weight excluding hydrogens is 480 g/mol. The van der Waals surface area contributed by atoms with Crippen molar-refractivity contribution in [3.63, 3.8) is 0 Å². The number of carbonyl (C=O) groups is 1. The Morgan fingerprint density at radius 1 is 0.946 bits per heavy atom. The molecule has 0 aliphatic carbocycles. The number of unbranched alkanes of at least 4 members (excludes halogenated alkanes) is 1. The number of aromatic nitrogens is 1. The van der Waals surface area contributed by atoms with E-state index in [4.69, 9.17) is 40.7 Å². The molecule has 2 aromatic carbocycles. The Kier molecular flexibility index (Phi) is 9.16. The third-order valence-electron chi connectivity index (χ3n) is 5.50. The number of amides is 1. The maximum absolute atomic E-state index is 12.6. The van der Waals surface area contributed by atoms with Crippen LogP contribution < -0.4 is 41.5 Å². The molecule has 12 nitrogen and oxygen atoms in total. The van der Waals surface area contributed by atoms with Gasteiger partial charge in [0.05, 0.1) is 45.4 Å². The van der Waals surface area contributed by atoms with Crippen LogP contribution in [0.5, 0.6) is 23.0 Å². The maximum atomic E-state index is 12.6. The first-order valence-corrected chi connectivity index (χ1v) is 11.4. The molecule has 3 aromatic rings. The Morgan fingerprint density at radius 2 is 1.62 bits per heavy atom. The zero-order valence-corrected chi connectivity index (χ0v) is 21.3. The van der Waals surface area contributed by atoms with E-state index in [0.29, 0.717) is 76.1 Å². The number of carbonyl (C=O) groups excluding carboxylic acids is 1. The van der Waals surface area contributed by atoms with Crippen LogP contribution in [0.3, 0.4) is 0 Å². The fourth-order valence-electron chi connectivity index (χ4n) is 3.78. The first kappa shape index (κ1) is 27.1. The highest BCUT2D eigenvalue weighted by atomic mass is 16.5. The van der Waals surface area contributed by atoms with Gasteiger partial charge in [-0.2, -0.15) is 0 Å². The van der Waals surface area contributed by atoms with Gasteiger partial charge in [0.25, 0.3) is 0 Å². The van der Waals surface area contributed by atoms with Crippen LogP contribution in [0.25, 0.3) is 22.4 Å². The number of anilines is 1. The highest BCUT2D eigenvalue weighted by molar-refractivity contribution is 5.97. The van der Waals surface area contributed by atoms with Crippen molar-refractivity contribution >= 4 is 23.2 Å². The van der Waals surface area contributed by atoms with E-state index in [2.05, 4.69) is 15.5 Å². The number of nitrogens with two attached hydrogens (primary N) is 3. The van der Waals surface area contributed by atoms with Crippen LogP contribution in [0.2, 0.25) is 0 Å². The van der Waals surface area contributed by atoms with Crippen LogP contribution in [0, 0.1) is 0 Å². The molecule has 0 saturated heterocycles. The molecule has 1 aromatic heterocycles. The molecular formula is C25H32N6O6. The van der Waals surface area contributed by atoms with Crippen molar-refractivity contribution in [3.8, 4) is 45.4 Å². The molecule has 0 aliphatic heterocycles. The van der Waals surface area contributed by atoms with Crippen molar-refractivity contribution in [2.75, 3.05) is 40.3 Å². The van der Waals surface area contributed by atoms with Crippen LogP contribution in [0.1, 0.15) is 19.3 Å². The number of guanidine groups is 1. The van der Waals surface area contributed by atoms with Crippen molar-refractivity contribution < 1.29 is 28.3 Å². The number of methoxy groups -OCH3 is 4. The first-order valence-electron chi connectivity index (χ1n) is 11.4. The number of hydrogen-bond acceptors (Lipinski definition) is 9. The number of nitrogens with zero attached hydrogens (tertiary/aromatic N) is 2. The molecule has 0 aliphatic rings. The zero-order valence-electron chi connectivity index (χ0n) is 21.3. The monoisotopic (exact) mass is 512 g/mol. The quantitative estimate of drug-likeness (QED) is 0.160. The van der Waals surface area contributed by atoms with Crippen molar-refractivity contribution in [1.29, 1.82) is 0 Å². The Labute approximate surface area is 214 Å². The molecule has 0 spiro atoms. The van der Waals surface area contributed by atoms with Gasteiger partial charge in [-0.1, -0.05) is 5.16 Å². The van der Waals surface area contributed by atoms with Crippen LogP contribution in [0.15, 0.2) is 40.0 Å². The smallest absolute Gasteiger partial charge is 0.224 e. The lowest BCUT2D eigenvalue weighted by Gasteiger charge is -2.16. The second-order valence-corrected chi connectivity index (χ2v) is 7.89. The lowest BCUT2D eigenvalue weighted by atomic mass is 9.98. The molecule has 198 valence electrons. The third kappa shape index (κ3) is 6.22. The number of benzene rings is 2. The number of nitrogens with one attached hydrogen (secondary N) is 1. The number of rotatable bonds is 12. The van der Waals surface area contributed by atoms with Crippen LogP contribution in [-0.4, -0.2) is 52.0 Å². The standard InChI is InChI=1S/C25H32N6O6/c1-33-19-12-17(30-25(27)28)15(11-18(19)29-22(32)7-5-6-8-26)16-13-37-31-23(16)14-9-20(34-2)24(36-4)21(10-14)35-3/h9-13H,5-8,26H2,1-4H3,(H,29,32)(H4,27,28,30). The topological polar surface area (TPSA) is 182 Å². The first-order chi connectivity index (χ1) is 17.9. The molecule has 7 N–H and O–H groups in total. The normalized spacial score (nSPS) is 10.5. The van der Waals surface area contributed by atoms with Gasteiger partial charge in [0.15, 0.2) is 17.5 Å². The molecule has 0 saturated carbocycles. The van der Waals surface area contributed by atoms with E-state index in [0.717, 1.165) is 6.42 Å². The Bertz CT molecular complexity index is 1240. The van der Waals surface area contributed by atoms with E-state index in [9.17, 15) is 4.79 Å². The lowest BCUT2D eigenvalue weighted by Crippen LogP contribution is -2.22. The second-order valence-electron chi connectivity index (χ2n) is 7.89. The molecule has 0 radical (unpaired) electrons. The predicted molar refractivity (Wildman–Crippen MR) is 141 cm³/mol. The lowest BCUT2D eigenvalue weighted by molar-refractivity contribution is -0.116. The average Bonchev–Trinajstić information content (AvgIpc) is 3.37. The van der Waals surface area contributed by atoms with Gasteiger partial charge in [-0.3, -0.25) is 4.79 Å². The average molecular weight is 513 g/mol. The minimum Gasteiger partial charge on any atom is -0.494 e. The van der Waals surface area contributed by atoms with Gasteiger partial charge < -0.3 is 46.0 Å². The highest BCUT2D eigenvalue weighted by Crippen LogP contribution is 2.46. The third-order valence-corrected chi connectivity index (χ3v) is 5.50. The van der Waals surface area contributed by atoms with E-state index in [1.165, 1.54) is 34.7 Å². The highest BCUT2D eigenvalue weighted by Gasteiger charge is 2.22. The number of ether oxygens (including phenoxy) is 4. The Hall–Kier alpha value is -4.45. The summed E-state index contributed by atoms with van der Waals surface area (Å²) in [5, 5.41) is 7.09. The fourth-order valence-corrected chi connectivity index (χ4v) is 3.78. The Balaban J connectivity index is 2.17. The molecule has 37 heavy (non-hydrogen) atoms. The summed E-state index contributed by atoms with van der Waals surface area (Å²) in [6.45, 7) is 0.519. The molecule has 1 amide bonds. The minimum atomic E-state index is -0.178. The Morgan fingerprint density at radius 3 is 2.19 bits per heavy atom. The summed E-state index contributed by atoms with van der Waals surface area (Å²) >= 11 is 0. The summed E-state index contributed by atoms with van der Waals surface area (Å²) in [6, 6.07) is 6.81. The molecule has 0 unspecified atom stereocenters. The van der Waals surface area contributed by atoms with E-state index >= 15 is 0 Å². The summed E-state index contributed by atoms with van der Waals surface area (Å²) in [5.41, 5.74) is 19.9. The van der Waals surface area contributed by atoms with Crippen molar-refractivity contribution in [2.45, 2.75) is 19.3 Å². The van der Waals surface area contributed by atoms with Gasteiger partial charge >= 0.3 is 0 Å². The molecule has 3 rings (SSSR count). The second kappa shape index (κ2) is 12.5. The number of aliphatic imine (C=N–C) groups is 1. The van der Waals surface area contributed by atoms with E-state index in [-0.39, 0.29) is 11.9 Å². The van der Waals surface area contributed by atoms with Gasteiger partial charge in [0.1, 0.15) is 17.7 Å². The van der Waals surface area contributed by atoms with Gasteiger partial charge in [-0.15, -0.1) is 0 Å². The summed E-state index contributed by atoms with van der Waals surface area (Å²) in [4.78, 5) is 16.8. The van der Waals surface area contributed by atoms with Gasteiger partial charge in [0.2, 0.25) is 11.7 Å². The number of hydrogen-bond donors (Lipinski definition) is 4. The summed E-state index contributed by atoms with van der Waals surface area (Å²) in [7, 11) is 6.05. The predicted octanol–water partition coefficient (Wildman–Crippen LogP) is 3.02. The van der Waals surface area contributed by atoms with Crippen molar-refractivity contribution in [3.05, 3.63) is 30.5 Å². The molecule has 0 atom stereocenters. The van der Waals surface area contributed by atoms with Gasteiger partial charge in [0, 0.05) is 23.6 Å². The largest absolute Gasteiger partial charge is 0.494 e. The van der Waals surface area contributed by atoms with E-state index in [1.807, 2.05) is 0 Å². The van der Waals surface area contributed by atoms with Crippen LogP contribution in [0.4, 0.5) is 11.4 Å². The van der Waals surface area contributed by atoms with E-state index < -0.39 is 0 Å². The van der Waals surface area contributed by atoms with E-state index in [1.54, 1.807) is 24.3 Å². The summed E-state index contributed by atoms with van der Waals surface area (Å²) in [6.07, 6.45) is 3.19. The molecule has 0 bridgehead atoms. The van der Waals surface area contributed by atoms with Crippen molar-refractivity contribution in [1.82, 2.24) is 5.16 Å². The summed E-state index contributed by atoms with van der Waals surface area (Å²) in [5.74, 6) is 1.35. The zero-order chi connectivity index (χ0) is 26.9. The van der Waals surface area contributed by atoms with Gasteiger partial charge in [-0.25, -0.2) is 4.99 Å².